The van der Waals surface area contributed by atoms with Crippen LogP contribution in [0.5, 0.6) is 0 Å². The van der Waals surface area contributed by atoms with Gasteiger partial charge in [-0.05, 0) is 37.3 Å². The molecule has 7 heteroatoms. The van der Waals surface area contributed by atoms with Crippen molar-refractivity contribution in [2.24, 2.45) is 0 Å². The summed E-state index contributed by atoms with van der Waals surface area (Å²) >= 11 is 3.02. The van der Waals surface area contributed by atoms with Crippen molar-refractivity contribution in [3.63, 3.8) is 0 Å². The Hall–Kier alpha value is -2.90. The van der Waals surface area contributed by atoms with Crippen LogP contribution in [-0.2, 0) is 17.0 Å². The molecule has 3 heterocycles. The highest BCUT2D eigenvalue weighted by Crippen LogP contribution is 2.31. The minimum atomic E-state index is -0.194. The maximum Gasteiger partial charge on any atom is 0.260 e. The molecule has 1 fully saturated rings. The van der Waals surface area contributed by atoms with E-state index in [0.29, 0.717) is 17.0 Å². The molecule has 5 nitrogen and oxygen atoms in total. The molecule has 1 amide bonds. The first-order chi connectivity index (χ1) is 16.6. The fourth-order valence-electron chi connectivity index (χ4n) is 4.62. The molecule has 1 saturated heterocycles. The molecule has 0 aliphatic carbocycles. The van der Waals surface area contributed by atoms with Crippen LogP contribution in [0.1, 0.15) is 31.2 Å². The van der Waals surface area contributed by atoms with Crippen LogP contribution in [0.2, 0.25) is 0 Å². The number of rotatable bonds is 7. The third kappa shape index (κ3) is 4.81. The van der Waals surface area contributed by atoms with Gasteiger partial charge in [0.1, 0.15) is 10.7 Å². The number of thiophene rings is 1. The SMILES string of the molecule is CC(SCc1nc2scc(-c3ccccc3)c2c(=O)[nH]1)C(=O)N1CCCC1Cc1ccccc1. The fraction of sp³-hybridized carbons (Fsp3) is 0.296. The largest absolute Gasteiger partial charge is 0.338 e. The number of likely N-dealkylation sites (tertiary alicyclic amines) is 1. The average Bonchev–Trinajstić information content (AvgIpc) is 3.51. The van der Waals surface area contributed by atoms with Crippen molar-refractivity contribution < 1.29 is 4.79 Å². The molecule has 0 spiro atoms. The minimum Gasteiger partial charge on any atom is -0.338 e. The van der Waals surface area contributed by atoms with Gasteiger partial charge in [0.15, 0.2) is 0 Å². The summed E-state index contributed by atoms with van der Waals surface area (Å²) in [6.45, 7) is 2.78. The van der Waals surface area contributed by atoms with E-state index in [0.717, 1.165) is 41.8 Å². The number of thioether (sulfide) groups is 1. The lowest BCUT2D eigenvalue weighted by Crippen LogP contribution is -2.41. The monoisotopic (exact) mass is 489 g/mol. The van der Waals surface area contributed by atoms with E-state index >= 15 is 0 Å². The van der Waals surface area contributed by atoms with E-state index in [2.05, 4.69) is 34.1 Å². The molecule has 2 unspecified atom stereocenters. The molecule has 1 aliphatic heterocycles. The lowest BCUT2D eigenvalue weighted by Gasteiger charge is -2.27. The van der Waals surface area contributed by atoms with Gasteiger partial charge in [0.05, 0.1) is 16.4 Å². The van der Waals surface area contributed by atoms with Crippen molar-refractivity contribution in [1.29, 1.82) is 0 Å². The second-order valence-electron chi connectivity index (χ2n) is 8.68. The summed E-state index contributed by atoms with van der Waals surface area (Å²) in [5, 5.41) is 2.43. The lowest BCUT2D eigenvalue weighted by molar-refractivity contribution is -0.131. The number of carbonyl (C=O) groups is 1. The Bertz CT molecular complexity index is 1330. The molecular formula is C27H27N3O2S2. The first-order valence-corrected chi connectivity index (χ1v) is 13.5. The molecular weight excluding hydrogens is 462 g/mol. The van der Waals surface area contributed by atoms with Gasteiger partial charge in [0.2, 0.25) is 5.91 Å². The molecule has 34 heavy (non-hydrogen) atoms. The second kappa shape index (κ2) is 10.2. The summed E-state index contributed by atoms with van der Waals surface area (Å²) in [6, 6.07) is 20.5. The first kappa shape index (κ1) is 22.9. The number of nitrogens with zero attached hydrogens (tertiary/aromatic N) is 2. The Labute approximate surface area is 207 Å². The molecule has 5 rings (SSSR count). The van der Waals surface area contributed by atoms with Crippen molar-refractivity contribution in [2.75, 3.05) is 6.54 Å². The van der Waals surface area contributed by atoms with E-state index in [1.807, 2.05) is 48.7 Å². The van der Waals surface area contributed by atoms with Crippen molar-refractivity contribution in [3.05, 3.63) is 87.8 Å². The maximum absolute atomic E-state index is 13.2. The third-order valence-electron chi connectivity index (χ3n) is 6.37. The molecule has 0 radical (unpaired) electrons. The van der Waals surface area contributed by atoms with Gasteiger partial charge in [-0.1, -0.05) is 60.7 Å². The number of fused-ring (bicyclic) bond motifs is 1. The number of carbonyl (C=O) groups excluding carboxylic acids is 1. The van der Waals surface area contributed by atoms with E-state index in [1.54, 1.807) is 0 Å². The minimum absolute atomic E-state index is 0.123. The number of aromatic nitrogens is 2. The number of benzene rings is 2. The van der Waals surface area contributed by atoms with Gasteiger partial charge in [-0.2, -0.15) is 0 Å². The standard InChI is InChI=1S/C27H27N3O2S2/c1-18(27(32)30-14-8-13-21(30)15-19-9-4-2-5-10-19)33-17-23-28-25(31)24-22(16-34-26(24)29-23)20-11-6-3-7-12-20/h2-7,9-12,16,18,21H,8,13-15,17H2,1H3,(H,28,29,31). The van der Waals surface area contributed by atoms with Gasteiger partial charge in [0, 0.05) is 23.5 Å². The highest BCUT2D eigenvalue weighted by molar-refractivity contribution is 7.99. The lowest BCUT2D eigenvalue weighted by atomic mass is 10.0. The van der Waals surface area contributed by atoms with Crippen molar-refractivity contribution in [1.82, 2.24) is 14.9 Å². The number of H-pyrrole nitrogens is 1. The summed E-state index contributed by atoms with van der Waals surface area (Å²) < 4.78 is 0. The van der Waals surface area contributed by atoms with Gasteiger partial charge in [-0.25, -0.2) is 4.98 Å². The van der Waals surface area contributed by atoms with E-state index in [1.165, 1.54) is 28.7 Å². The Kier molecular flexibility index (Phi) is 6.83. The summed E-state index contributed by atoms with van der Waals surface area (Å²) in [7, 11) is 0. The molecule has 0 saturated carbocycles. The predicted octanol–water partition coefficient (Wildman–Crippen LogP) is 5.51. The molecule has 2 aromatic heterocycles. The molecule has 2 atom stereocenters. The fourth-order valence-corrected chi connectivity index (χ4v) is 6.41. The van der Waals surface area contributed by atoms with Gasteiger partial charge < -0.3 is 9.88 Å². The van der Waals surface area contributed by atoms with Crippen molar-refractivity contribution >= 4 is 39.2 Å². The van der Waals surface area contributed by atoms with Crippen LogP contribution in [0.15, 0.2) is 70.8 Å². The molecule has 174 valence electrons. The number of hydrogen-bond acceptors (Lipinski definition) is 5. The van der Waals surface area contributed by atoms with Crippen LogP contribution in [-0.4, -0.2) is 38.6 Å². The van der Waals surface area contributed by atoms with E-state index in [-0.39, 0.29) is 22.8 Å². The maximum atomic E-state index is 13.2. The second-order valence-corrected chi connectivity index (χ2v) is 10.9. The smallest absolute Gasteiger partial charge is 0.260 e. The van der Waals surface area contributed by atoms with Crippen LogP contribution in [0.25, 0.3) is 21.3 Å². The Balaban J connectivity index is 1.26. The van der Waals surface area contributed by atoms with Gasteiger partial charge in [-0.3, -0.25) is 9.59 Å². The van der Waals surface area contributed by atoms with Gasteiger partial charge >= 0.3 is 0 Å². The van der Waals surface area contributed by atoms with Crippen molar-refractivity contribution in [3.8, 4) is 11.1 Å². The highest BCUT2D eigenvalue weighted by Gasteiger charge is 2.31. The Morgan fingerprint density at radius 1 is 1.18 bits per heavy atom. The van der Waals surface area contributed by atoms with Crippen LogP contribution in [0.3, 0.4) is 0 Å². The normalized spacial score (nSPS) is 16.7. The molecule has 0 bridgehead atoms. The molecule has 4 aromatic rings. The van der Waals surface area contributed by atoms with E-state index in [4.69, 9.17) is 4.98 Å². The Morgan fingerprint density at radius 2 is 1.91 bits per heavy atom. The van der Waals surface area contributed by atoms with Gasteiger partial charge in [0.25, 0.3) is 5.56 Å². The summed E-state index contributed by atoms with van der Waals surface area (Å²) in [4.78, 5) is 36.5. The van der Waals surface area contributed by atoms with Crippen LogP contribution >= 0.6 is 23.1 Å². The predicted molar refractivity (Wildman–Crippen MR) is 141 cm³/mol. The van der Waals surface area contributed by atoms with Gasteiger partial charge in [-0.15, -0.1) is 23.1 Å². The molecule has 1 aliphatic rings. The zero-order valence-corrected chi connectivity index (χ0v) is 20.7. The molecule has 1 N–H and O–H groups in total. The summed E-state index contributed by atoms with van der Waals surface area (Å²) in [5.74, 6) is 1.29. The average molecular weight is 490 g/mol. The van der Waals surface area contributed by atoms with Crippen LogP contribution < -0.4 is 5.56 Å². The number of amides is 1. The van der Waals surface area contributed by atoms with Crippen LogP contribution in [0.4, 0.5) is 0 Å². The Morgan fingerprint density at radius 3 is 2.68 bits per heavy atom. The number of nitrogens with one attached hydrogen (secondary N) is 1. The van der Waals surface area contributed by atoms with Crippen LogP contribution in [0, 0.1) is 0 Å². The zero-order valence-electron chi connectivity index (χ0n) is 19.1. The zero-order chi connectivity index (χ0) is 23.5. The van der Waals surface area contributed by atoms with E-state index < -0.39 is 0 Å². The summed E-state index contributed by atoms with van der Waals surface area (Å²) in [6.07, 6.45) is 3.00. The molecule has 2 aromatic carbocycles. The highest BCUT2D eigenvalue weighted by atomic mass is 32.2. The third-order valence-corrected chi connectivity index (χ3v) is 8.38. The quantitative estimate of drug-likeness (QED) is 0.372. The summed E-state index contributed by atoms with van der Waals surface area (Å²) in [5.41, 5.74) is 3.07. The number of hydrogen-bond donors (Lipinski definition) is 1. The van der Waals surface area contributed by atoms with E-state index in [9.17, 15) is 9.59 Å². The number of aromatic amines is 1. The van der Waals surface area contributed by atoms with Crippen molar-refractivity contribution in [2.45, 2.75) is 43.2 Å². The topological polar surface area (TPSA) is 66.1 Å². The first-order valence-electron chi connectivity index (χ1n) is 11.6.